The van der Waals surface area contributed by atoms with Crippen LogP contribution in [0.2, 0.25) is 0 Å². The number of carboxylic acids is 1. The van der Waals surface area contributed by atoms with E-state index in [-0.39, 0.29) is 95.7 Å². The van der Waals surface area contributed by atoms with E-state index in [0.29, 0.717) is 24.7 Å². The number of aliphatic carboxylic acids is 1. The average molecular weight is 853 g/mol. The van der Waals surface area contributed by atoms with Crippen molar-refractivity contribution in [2.45, 2.75) is 162 Å². The fraction of sp³-hybridized carbons (Fsp3) is 0.878. The SMILES string of the molecule is CC1C(=O)OC(=O)C1C1C2CC(CC2C(=O)O)C1C1C2CC(CC2C(CC(=O)OC(C)(C)C)OC(=O)C2CCCCC2)C1C1C(C)C2CC(C(O)CC(=O)OC(C)(C)C)C1C2. The van der Waals surface area contributed by atoms with Gasteiger partial charge < -0.3 is 29.2 Å². The second-order valence-electron chi connectivity index (χ2n) is 23.2. The van der Waals surface area contributed by atoms with Gasteiger partial charge in [-0.2, -0.15) is 0 Å². The highest BCUT2D eigenvalue weighted by Crippen LogP contribution is 2.73. The van der Waals surface area contributed by atoms with Crippen LogP contribution in [-0.2, 0) is 47.7 Å². The van der Waals surface area contributed by atoms with Crippen LogP contribution in [0.15, 0.2) is 0 Å². The number of esters is 5. The monoisotopic (exact) mass is 853 g/mol. The lowest BCUT2D eigenvalue weighted by atomic mass is 9.52. The van der Waals surface area contributed by atoms with E-state index in [0.717, 1.165) is 57.8 Å². The molecule has 8 rings (SSSR count). The molecule has 8 fully saturated rings. The number of aliphatic hydroxyl groups is 1. The fourth-order valence-electron chi connectivity index (χ4n) is 15.9. The van der Waals surface area contributed by atoms with Gasteiger partial charge in [0, 0.05) is 0 Å². The van der Waals surface area contributed by atoms with Gasteiger partial charge in [-0.25, -0.2) is 0 Å². The standard InChI is InChI=1S/C49H72O12/c1-22-25-14-28(34(50)20-36(51)60-48(3,4)5)30(15-25)38(22)40-26-16-29(35(21-37(52)61-49(6,7)8)58-46(56)24-12-10-9-11-13-24)31(17-26)43(40)41-27-18-32(33(19-27)44(53)54)42(41)39-23(2)45(55)59-47(39)57/h22-35,38-43,50H,9-21H2,1-8H3,(H,53,54). The molecule has 7 aliphatic carbocycles. The summed E-state index contributed by atoms with van der Waals surface area (Å²) in [6, 6.07) is 0. The van der Waals surface area contributed by atoms with Crippen molar-refractivity contribution in [1.29, 1.82) is 0 Å². The third kappa shape index (κ3) is 8.43. The Hall–Kier alpha value is -3.02. The summed E-state index contributed by atoms with van der Waals surface area (Å²) in [5.74, 6) is -4.60. The Balaban J connectivity index is 1.17. The molecule has 1 aliphatic heterocycles. The van der Waals surface area contributed by atoms with E-state index in [1.807, 2.05) is 41.5 Å². The van der Waals surface area contributed by atoms with Crippen LogP contribution in [0.25, 0.3) is 0 Å². The van der Waals surface area contributed by atoms with Gasteiger partial charge in [0.15, 0.2) is 0 Å². The molecule has 8 aliphatic rings. The molecule has 1 heterocycles. The van der Waals surface area contributed by atoms with Crippen molar-refractivity contribution in [3.8, 4) is 0 Å². The van der Waals surface area contributed by atoms with E-state index in [4.69, 9.17) is 18.9 Å². The van der Waals surface area contributed by atoms with Gasteiger partial charge in [0.05, 0.1) is 42.6 Å². The summed E-state index contributed by atoms with van der Waals surface area (Å²) >= 11 is 0. The van der Waals surface area contributed by atoms with E-state index in [9.17, 15) is 39.0 Å². The molecule has 0 aromatic heterocycles. The molecule has 7 saturated carbocycles. The summed E-state index contributed by atoms with van der Waals surface area (Å²) in [7, 11) is 0. The lowest BCUT2D eigenvalue weighted by Gasteiger charge is -2.52. The molecule has 19 atom stereocenters. The maximum atomic E-state index is 14.0. The van der Waals surface area contributed by atoms with Crippen LogP contribution in [0, 0.1) is 107 Å². The normalized spacial score (nSPS) is 42.7. The molecule has 2 N–H and O–H groups in total. The van der Waals surface area contributed by atoms with Gasteiger partial charge >= 0.3 is 35.8 Å². The molecule has 12 heteroatoms. The molecule has 12 nitrogen and oxygen atoms in total. The molecular formula is C49H72O12. The van der Waals surface area contributed by atoms with Gasteiger partial charge in [-0.05, 0) is 176 Å². The number of cyclic esters (lactones) is 2. The fourth-order valence-corrected chi connectivity index (χ4v) is 15.9. The Labute approximate surface area is 361 Å². The van der Waals surface area contributed by atoms with Crippen LogP contribution < -0.4 is 0 Å². The first-order chi connectivity index (χ1) is 28.6. The predicted molar refractivity (Wildman–Crippen MR) is 221 cm³/mol. The van der Waals surface area contributed by atoms with Crippen molar-refractivity contribution in [1.82, 2.24) is 0 Å². The molecule has 0 amide bonds. The van der Waals surface area contributed by atoms with Crippen LogP contribution in [0.4, 0.5) is 0 Å². The Kier molecular flexibility index (Phi) is 12.1. The smallest absolute Gasteiger partial charge is 0.317 e. The molecule has 0 radical (unpaired) electrons. The second-order valence-corrected chi connectivity index (χ2v) is 23.2. The molecule has 0 aromatic rings. The molecule has 6 bridgehead atoms. The quantitative estimate of drug-likeness (QED) is 0.113. The van der Waals surface area contributed by atoms with Gasteiger partial charge in [-0.3, -0.25) is 28.8 Å². The zero-order chi connectivity index (χ0) is 44.0. The second kappa shape index (κ2) is 16.5. The average Bonchev–Trinajstić information content (AvgIpc) is 4.03. The van der Waals surface area contributed by atoms with Crippen LogP contribution in [0.5, 0.6) is 0 Å². The zero-order valence-electron chi connectivity index (χ0n) is 37.7. The predicted octanol–water partition coefficient (Wildman–Crippen LogP) is 7.41. The molecule has 0 spiro atoms. The lowest BCUT2D eigenvalue weighted by molar-refractivity contribution is -0.170. The van der Waals surface area contributed by atoms with Crippen molar-refractivity contribution in [2.24, 2.45) is 107 Å². The number of ether oxygens (including phenoxy) is 4. The first-order valence-electron chi connectivity index (χ1n) is 23.9. The van der Waals surface area contributed by atoms with Crippen molar-refractivity contribution in [2.75, 3.05) is 0 Å². The highest BCUT2D eigenvalue weighted by atomic mass is 16.6. The zero-order valence-corrected chi connectivity index (χ0v) is 37.7. The molecule has 0 aromatic carbocycles. The van der Waals surface area contributed by atoms with Gasteiger partial charge in [-0.1, -0.05) is 33.1 Å². The number of carbonyl (C=O) groups excluding carboxylic acids is 5. The van der Waals surface area contributed by atoms with Crippen molar-refractivity contribution in [3.05, 3.63) is 0 Å². The van der Waals surface area contributed by atoms with Crippen LogP contribution >= 0.6 is 0 Å². The first kappa shape index (κ1) is 44.6. The number of carboxylic acid groups (broad SMARTS) is 1. The number of hydrogen-bond acceptors (Lipinski definition) is 11. The molecule has 19 unspecified atom stereocenters. The Morgan fingerprint density at radius 1 is 0.672 bits per heavy atom. The van der Waals surface area contributed by atoms with Crippen molar-refractivity contribution in [3.63, 3.8) is 0 Å². The van der Waals surface area contributed by atoms with E-state index in [1.54, 1.807) is 6.92 Å². The van der Waals surface area contributed by atoms with Crippen LogP contribution in [0.1, 0.15) is 139 Å². The highest BCUT2D eigenvalue weighted by Gasteiger charge is 2.70. The molecule has 340 valence electrons. The first-order valence-corrected chi connectivity index (χ1v) is 23.9. The Bertz CT molecular complexity index is 1740. The summed E-state index contributed by atoms with van der Waals surface area (Å²) in [6.07, 6.45) is 7.56. The minimum absolute atomic E-state index is 0.0131. The van der Waals surface area contributed by atoms with Gasteiger partial charge in [-0.15, -0.1) is 0 Å². The van der Waals surface area contributed by atoms with Crippen LogP contribution in [-0.4, -0.2) is 69.4 Å². The van der Waals surface area contributed by atoms with Gasteiger partial charge in [0.2, 0.25) is 0 Å². The van der Waals surface area contributed by atoms with Gasteiger partial charge in [0.1, 0.15) is 17.3 Å². The Morgan fingerprint density at radius 2 is 1.23 bits per heavy atom. The van der Waals surface area contributed by atoms with E-state index in [2.05, 4.69) is 6.92 Å². The maximum absolute atomic E-state index is 14.0. The number of carbonyl (C=O) groups is 6. The summed E-state index contributed by atoms with van der Waals surface area (Å²) in [5.41, 5.74) is -1.38. The highest BCUT2D eigenvalue weighted by molar-refractivity contribution is 5.96. The molecule has 1 saturated heterocycles. The van der Waals surface area contributed by atoms with Crippen LogP contribution in [0.3, 0.4) is 0 Å². The number of fused-ring (bicyclic) bond motifs is 6. The summed E-state index contributed by atoms with van der Waals surface area (Å²) in [6.45, 7) is 15.1. The third-order valence-electron chi connectivity index (χ3n) is 17.6. The minimum Gasteiger partial charge on any atom is -0.481 e. The van der Waals surface area contributed by atoms with E-state index >= 15 is 0 Å². The topological polar surface area (TPSA) is 180 Å². The summed E-state index contributed by atoms with van der Waals surface area (Å²) in [5, 5.41) is 22.3. The van der Waals surface area contributed by atoms with Crippen molar-refractivity contribution < 1.29 is 57.9 Å². The molecular weight excluding hydrogens is 781 g/mol. The van der Waals surface area contributed by atoms with E-state index < -0.39 is 71.0 Å². The largest absolute Gasteiger partial charge is 0.481 e. The number of aliphatic hydroxyl groups excluding tert-OH is 1. The lowest BCUT2D eigenvalue weighted by Crippen LogP contribution is -2.51. The maximum Gasteiger partial charge on any atom is 0.317 e. The number of hydrogen-bond donors (Lipinski definition) is 2. The number of rotatable bonds is 12. The third-order valence-corrected chi connectivity index (χ3v) is 17.6. The minimum atomic E-state index is -0.862. The Morgan fingerprint density at radius 3 is 1.82 bits per heavy atom. The van der Waals surface area contributed by atoms with Gasteiger partial charge in [0.25, 0.3) is 0 Å². The summed E-state index contributed by atoms with van der Waals surface area (Å²) in [4.78, 5) is 80.4. The summed E-state index contributed by atoms with van der Waals surface area (Å²) < 4.78 is 23.4. The van der Waals surface area contributed by atoms with E-state index in [1.165, 1.54) is 0 Å². The van der Waals surface area contributed by atoms with Crippen molar-refractivity contribution >= 4 is 35.8 Å². The molecule has 61 heavy (non-hydrogen) atoms.